The van der Waals surface area contributed by atoms with Crippen molar-refractivity contribution in [2.75, 3.05) is 6.61 Å². The van der Waals surface area contributed by atoms with Crippen LogP contribution in [0.5, 0.6) is 0 Å². The Bertz CT molecular complexity index is 185. The van der Waals surface area contributed by atoms with Gasteiger partial charge in [0.2, 0.25) is 0 Å². The number of aliphatic carboxylic acids is 1. The van der Waals surface area contributed by atoms with Crippen LogP contribution in [0.3, 0.4) is 0 Å². The molecule has 0 radical (unpaired) electrons. The predicted molar refractivity (Wildman–Crippen MR) is 42.6 cm³/mol. The fraction of sp³-hybridized carbons (Fsp3) is 0.500. The summed E-state index contributed by atoms with van der Waals surface area (Å²) in [5.74, 6) is -2.99. The molecule has 12 heavy (non-hydrogen) atoms. The van der Waals surface area contributed by atoms with Gasteiger partial charge in [0.25, 0.3) is 0 Å². The number of esters is 1. The van der Waals surface area contributed by atoms with Crippen molar-refractivity contribution in [1.29, 1.82) is 0 Å². The summed E-state index contributed by atoms with van der Waals surface area (Å²) < 4.78 is 4.55. The van der Waals surface area contributed by atoms with E-state index in [0.717, 1.165) is 0 Å². The largest absolute Gasteiger partial charge is 0.481 e. The quantitative estimate of drug-likeness (QED) is 0.379. The molecule has 1 N–H and O–H groups in total. The third kappa shape index (κ3) is 3.18. The molecule has 0 fully saturated rings. The van der Waals surface area contributed by atoms with E-state index in [1.165, 1.54) is 6.08 Å². The van der Waals surface area contributed by atoms with Gasteiger partial charge in [-0.05, 0) is 13.3 Å². The molecule has 0 aliphatic heterocycles. The zero-order valence-electron chi connectivity index (χ0n) is 6.95. The summed E-state index contributed by atoms with van der Waals surface area (Å²) in [5, 5.41) is 8.55. The number of allylic oxidation sites excluding steroid dienone is 1. The monoisotopic (exact) mass is 172 g/mol. The predicted octanol–water partition coefficient (Wildman–Crippen LogP) is 0.826. The van der Waals surface area contributed by atoms with Gasteiger partial charge in [-0.3, -0.25) is 9.59 Å². The molecular formula is C8H12O4. The summed E-state index contributed by atoms with van der Waals surface area (Å²) >= 11 is 0. The molecule has 1 atom stereocenters. The van der Waals surface area contributed by atoms with Crippen molar-refractivity contribution < 1.29 is 19.4 Å². The number of hydrogen-bond donors (Lipinski definition) is 1. The first-order chi connectivity index (χ1) is 5.63. The molecule has 0 amide bonds. The van der Waals surface area contributed by atoms with Gasteiger partial charge in [0.15, 0.2) is 5.92 Å². The Hall–Kier alpha value is -1.32. The minimum Gasteiger partial charge on any atom is -0.481 e. The van der Waals surface area contributed by atoms with E-state index in [1.807, 2.05) is 0 Å². The van der Waals surface area contributed by atoms with Crippen molar-refractivity contribution in [3.8, 4) is 0 Å². The second-order valence-corrected chi connectivity index (χ2v) is 2.17. The van der Waals surface area contributed by atoms with Gasteiger partial charge < -0.3 is 9.84 Å². The lowest BCUT2D eigenvalue weighted by atomic mass is 10.1. The summed E-state index contributed by atoms with van der Waals surface area (Å²) in [6.07, 6.45) is 1.49. The van der Waals surface area contributed by atoms with E-state index in [1.54, 1.807) is 6.92 Å². The number of rotatable bonds is 5. The fourth-order valence-electron chi connectivity index (χ4n) is 0.707. The van der Waals surface area contributed by atoms with E-state index in [9.17, 15) is 9.59 Å². The first-order valence-electron chi connectivity index (χ1n) is 3.63. The Morgan fingerprint density at radius 2 is 2.25 bits per heavy atom. The Balaban J connectivity index is 4.18. The maximum atomic E-state index is 10.9. The highest BCUT2D eigenvalue weighted by Crippen LogP contribution is 2.06. The van der Waals surface area contributed by atoms with Crippen LogP contribution in [0.25, 0.3) is 0 Å². The first-order valence-corrected chi connectivity index (χ1v) is 3.63. The van der Waals surface area contributed by atoms with Gasteiger partial charge in [0.1, 0.15) is 0 Å². The topological polar surface area (TPSA) is 63.6 Å². The van der Waals surface area contributed by atoms with Crippen molar-refractivity contribution in [2.24, 2.45) is 5.92 Å². The van der Waals surface area contributed by atoms with Gasteiger partial charge >= 0.3 is 11.9 Å². The molecule has 4 heteroatoms. The van der Waals surface area contributed by atoms with E-state index in [0.29, 0.717) is 0 Å². The van der Waals surface area contributed by atoms with Gasteiger partial charge in [0.05, 0.1) is 6.61 Å². The lowest BCUT2D eigenvalue weighted by molar-refractivity contribution is -0.158. The van der Waals surface area contributed by atoms with Gasteiger partial charge in [-0.15, -0.1) is 6.58 Å². The zero-order chi connectivity index (χ0) is 9.56. The van der Waals surface area contributed by atoms with Gasteiger partial charge in [0, 0.05) is 0 Å². The highest BCUT2D eigenvalue weighted by Gasteiger charge is 2.25. The van der Waals surface area contributed by atoms with Crippen LogP contribution in [0, 0.1) is 5.92 Å². The lowest BCUT2D eigenvalue weighted by Gasteiger charge is -2.07. The number of carbonyl (C=O) groups is 2. The normalized spacial score (nSPS) is 11.8. The molecule has 0 aliphatic rings. The average molecular weight is 172 g/mol. The van der Waals surface area contributed by atoms with Crippen LogP contribution in [-0.4, -0.2) is 23.7 Å². The third-order valence-electron chi connectivity index (χ3n) is 1.27. The van der Waals surface area contributed by atoms with Gasteiger partial charge in [-0.25, -0.2) is 0 Å². The molecule has 4 nitrogen and oxygen atoms in total. The summed E-state index contributed by atoms with van der Waals surface area (Å²) in [7, 11) is 0. The van der Waals surface area contributed by atoms with Crippen molar-refractivity contribution in [1.82, 2.24) is 0 Å². The molecule has 0 bridgehead atoms. The van der Waals surface area contributed by atoms with E-state index in [-0.39, 0.29) is 13.0 Å². The van der Waals surface area contributed by atoms with Crippen LogP contribution in [0.4, 0.5) is 0 Å². The maximum absolute atomic E-state index is 10.9. The van der Waals surface area contributed by atoms with Crippen molar-refractivity contribution in [2.45, 2.75) is 13.3 Å². The Labute approximate surface area is 70.8 Å². The second-order valence-electron chi connectivity index (χ2n) is 2.17. The molecule has 0 aromatic rings. The van der Waals surface area contributed by atoms with Crippen molar-refractivity contribution in [3.05, 3.63) is 12.7 Å². The highest BCUT2D eigenvalue weighted by atomic mass is 16.5. The van der Waals surface area contributed by atoms with E-state index in [2.05, 4.69) is 11.3 Å². The van der Waals surface area contributed by atoms with Crippen LogP contribution in [0.15, 0.2) is 12.7 Å². The maximum Gasteiger partial charge on any atom is 0.320 e. The third-order valence-corrected chi connectivity index (χ3v) is 1.27. The smallest absolute Gasteiger partial charge is 0.320 e. The molecule has 0 saturated carbocycles. The summed E-state index contributed by atoms with van der Waals surface area (Å²) in [4.78, 5) is 21.4. The molecule has 0 saturated heterocycles. The summed E-state index contributed by atoms with van der Waals surface area (Å²) in [6.45, 7) is 5.18. The molecular weight excluding hydrogens is 160 g/mol. The highest BCUT2D eigenvalue weighted by molar-refractivity contribution is 5.94. The molecule has 0 aromatic heterocycles. The molecule has 0 unspecified atom stereocenters. The molecule has 0 rings (SSSR count). The zero-order valence-corrected chi connectivity index (χ0v) is 6.95. The molecule has 0 heterocycles. The standard InChI is InChI=1S/C8H12O4/c1-3-5-6(7(9)10)8(11)12-4-2/h3,6H,1,4-5H2,2H3,(H,9,10)/t6-/m0/s1. The Kier molecular flexibility index (Phi) is 4.76. The minimum absolute atomic E-state index is 0.105. The van der Waals surface area contributed by atoms with Crippen molar-refractivity contribution in [3.63, 3.8) is 0 Å². The number of ether oxygens (including phenoxy) is 1. The number of carboxylic acid groups (broad SMARTS) is 1. The van der Waals surface area contributed by atoms with E-state index >= 15 is 0 Å². The molecule has 0 aliphatic carbocycles. The Morgan fingerprint density at radius 1 is 1.67 bits per heavy atom. The summed E-state index contributed by atoms with van der Waals surface area (Å²) in [6, 6.07) is 0. The van der Waals surface area contributed by atoms with E-state index in [4.69, 9.17) is 5.11 Å². The SMILES string of the molecule is C=CC[C@@H](C(=O)O)C(=O)OCC. The van der Waals surface area contributed by atoms with Crippen molar-refractivity contribution >= 4 is 11.9 Å². The summed E-state index contributed by atoms with van der Waals surface area (Å²) in [5.41, 5.74) is 0. The number of hydrogen-bond acceptors (Lipinski definition) is 3. The second kappa shape index (κ2) is 5.35. The van der Waals surface area contributed by atoms with Gasteiger partial charge in [-0.1, -0.05) is 6.08 Å². The molecule has 0 spiro atoms. The van der Waals surface area contributed by atoms with Crippen LogP contribution < -0.4 is 0 Å². The average Bonchev–Trinajstić information content (AvgIpc) is 1.99. The van der Waals surface area contributed by atoms with Crippen LogP contribution in [0.2, 0.25) is 0 Å². The van der Waals surface area contributed by atoms with E-state index < -0.39 is 17.9 Å². The minimum atomic E-state index is -1.17. The first kappa shape index (κ1) is 10.7. The van der Waals surface area contributed by atoms with Crippen LogP contribution in [-0.2, 0) is 14.3 Å². The van der Waals surface area contributed by atoms with Crippen LogP contribution >= 0.6 is 0 Å². The number of carboxylic acids is 1. The molecule has 0 aromatic carbocycles. The van der Waals surface area contributed by atoms with Gasteiger partial charge in [-0.2, -0.15) is 0 Å². The fourth-order valence-corrected chi connectivity index (χ4v) is 0.707. The number of carbonyl (C=O) groups excluding carboxylic acids is 1. The van der Waals surface area contributed by atoms with Crippen LogP contribution in [0.1, 0.15) is 13.3 Å². The Morgan fingerprint density at radius 3 is 2.58 bits per heavy atom. The lowest BCUT2D eigenvalue weighted by Crippen LogP contribution is -2.25. The molecule has 68 valence electrons.